The van der Waals surface area contributed by atoms with Gasteiger partial charge in [-0.15, -0.1) is 0 Å². The van der Waals surface area contributed by atoms with Gasteiger partial charge in [-0.1, -0.05) is 0 Å². The summed E-state index contributed by atoms with van der Waals surface area (Å²) in [6.45, 7) is 2.01. The van der Waals surface area contributed by atoms with Crippen LogP contribution in [0.3, 0.4) is 0 Å². The predicted molar refractivity (Wildman–Crippen MR) is 53.4 cm³/mol. The molecule has 0 spiro atoms. The molecule has 1 heterocycles. The number of rotatable bonds is 2. The van der Waals surface area contributed by atoms with Crippen molar-refractivity contribution in [1.82, 2.24) is 0 Å². The summed E-state index contributed by atoms with van der Waals surface area (Å²) in [4.78, 5) is 11.4. The molecule has 0 aromatic carbocycles. The molecule has 0 N–H and O–H groups in total. The molecule has 1 aromatic heterocycles. The third kappa shape index (κ3) is 1.79. The van der Waals surface area contributed by atoms with Crippen molar-refractivity contribution in [3.63, 3.8) is 0 Å². The van der Waals surface area contributed by atoms with Crippen LogP contribution in [0.25, 0.3) is 0 Å². The highest BCUT2D eigenvalue weighted by molar-refractivity contribution is 5.86. The Balaban J connectivity index is 2.36. The van der Waals surface area contributed by atoms with Crippen LogP contribution in [-0.4, -0.2) is 12.6 Å². The third-order valence-electron chi connectivity index (χ3n) is 2.61. The molecule has 0 amide bonds. The lowest BCUT2D eigenvalue weighted by molar-refractivity contribution is -0.608. The Morgan fingerprint density at radius 3 is 3.00 bits per heavy atom. The third-order valence-corrected chi connectivity index (χ3v) is 2.61. The maximum Gasteiger partial charge on any atom is 0.405 e. The fourth-order valence-electron chi connectivity index (χ4n) is 1.90. The van der Waals surface area contributed by atoms with Gasteiger partial charge in [0.15, 0.2) is 6.20 Å². The standard InChI is InChI=1S/C11H13NO3/c1-2-15-11(13)10-6-8-4-3-5-9(8)7-12(10)14/h6-7H,2-5H2,1H3. The Morgan fingerprint density at radius 1 is 1.53 bits per heavy atom. The molecule has 0 unspecified atom stereocenters. The molecule has 1 aliphatic rings. The summed E-state index contributed by atoms with van der Waals surface area (Å²) in [5.74, 6) is -0.540. The van der Waals surface area contributed by atoms with Gasteiger partial charge in [-0.3, -0.25) is 0 Å². The lowest BCUT2D eigenvalue weighted by Gasteiger charge is -2.06. The van der Waals surface area contributed by atoms with Crippen molar-refractivity contribution < 1.29 is 14.3 Å². The predicted octanol–water partition coefficient (Wildman–Crippen LogP) is 0.985. The van der Waals surface area contributed by atoms with Crippen LogP contribution >= 0.6 is 0 Å². The smallest absolute Gasteiger partial charge is 0.405 e. The number of nitrogens with zero attached hydrogens (tertiary/aromatic N) is 1. The van der Waals surface area contributed by atoms with Gasteiger partial charge in [0.1, 0.15) is 0 Å². The van der Waals surface area contributed by atoms with Crippen LogP contribution < -0.4 is 4.73 Å². The zero-order chi connectivity index (χ0) is 10.8. The summed E-state index contributed by atoms with van der Waals surface area (Å²) >= 11 is 0. The zero-order valence-electron chi connectivity index (χ0n) is 8.66. The summed E-state index contributed by atoms with van der Waals surface area (Å²) in [6.07, 6.45) is 4.43. The molecule has 0 bridgehead atoms. The van der Waals surface area contributed by atoms with E-state index in [0.717, 1.165) is 30.4 Å². The van der Waals surface area contributed by atoms with Crippen LogP contribution in [0.15, 0.2) is 12.3 Å². The summed E-state index contributed by atoms with van der Waals surface area (Å²) in [6, 6.07) is 1.66. The Labute approximate surface area is 88.1 Å². The Hall–Kier alpha value is -1.58. The van der Waals surface area contributed by atoms with Crippen LogP contribution in [0, 0.1) is 5.21 Å². The first kappa shape index (κ1) is 9.96. The second-order valence-corrected chi connectivity index (χ2v) is 3.61. The van der Waals surface area contributed by atoms with E-state index >= 15 is 0 Å². The van der Waals surface area contributed by atoms with E-state index in [1.165, 1.54) is 6.20 Å². The molecule has 2 rings (SSSR count). The summed E-state index contributed by atoms with van der Waals surface area (Å²) in [7, 11) is 0. The summed E-state index contributed by atoms with van der Waals surface area (Å²) in [5, 5.41) is 11.5. The normalized spacial score (nSPS) is 13.7. The average molecular weight is 207 g/mol. The number of hydrogen-bond donors (Lipinski definition) is 0. The lowest BCUT2D eigenvalue weighted by atomic mass is 10.1. The van der Waals surface area contributed by atoms with Gasteiger partial charge in [0.05, 0.1) is 6.61 Å². The Kier molecular flexibility index (Phi) is 2.58. The number of carbonyl (C=O) groups excluding carboxylic acids is 1. The van der Waals surface area contributed by atoms with Crippen molar-refractivity contribution in [2.24, 2.45) is 0 Å². The Bertz CT molecular complexity index is 401. The van der Waals surface area contributed by atoms with E-state index in [1.54, 1.807) is 13.0 Å². The topological polar surface area (TPSA) is 53.2 Å². The van der Waals surface area contributed by atoms with Gasteiger partial charge in [0, 0.05) is 11.6 Å². The highest BCUT2D eigenvalue weighted by Crippen LogP contribution is 2.20. The van der Waals surface area contributed by atoms with E-state index in [2.05, 4.69) is 0 Å². The van der Waals surface area contributed by atoms with Crippen LogP contribution in [0.1, 0.15) is 35.0 Å². The van der Waals surface area contributed by atoms with Crippen molar-refractivity contribution in [2.45, 2.75) is 26.2 Å². The van der Waals surface area contributed by atoms with E-state index in [1.807, 2.05) is 0 Å². The van der Waals surface area contributed by atoms with Gasteiger partial charge >= 0.3 is 11.7 Å². The number of fused-ring (bicyclic) bond motifs is 1. The maximum absolute atomic E-state index is 11.5. The zero-order valence-corrected chi connectivity index (χ0v) is 8.66. The molecule has 4 nitrogen and oxygen atoms in total. The fourth-order valence-corrected chi connectivity index (χ4v) is 1.90. The number of hydrogen-bond acceptors (Lipinski definition) is 3. The van der Waals surface area contributed by atoms with E-state index in [-0.39, 0.29) is 12.3 Å². The van der Waals surface area contributed by atoms with Crippen LogP contribution in [0.5, 0.6) is 0 Å². The molecule has 1 aliphatic carbocycles. The Morgan fingerprint density at radius 2 is 2.27 bits per heavy atom. The number of aryl methyl sites for hydroxylation is 2. The van der Waals surface area contributed by atoms with Gasteiger partial charge < -0.3 is 9.94 Å². The van der Waals surface area contributed by atoms with Crippen molar-refractivity contribution in [1.29, 1.82) is 0 Å². The summed E-state index contributed by atoms with van der Waals surface area (Å²) in [5.41, 5.74) is 2.25. The summed E-state index contributed by atoms with van der Waals surface area (Å²) < 4.78 is 5.42. The average Bonchev–Trinajstić information content (AvgIpc) is 2.63. The van der Waals surface area contributed by atoms with Gasteiger partial charge in [-0.05, 0) is 31.7 Å². The highest BCUT2D eigenvalue weighted by Gasteiger charge is 2.23. The minimum atomic E-state index is -0.540. The minimum Gasteiger partial charge on any atom is -0.618 e. The number of pyridine rings is 1. The number of aromatic nitrogens is 1. The molecule has 80 valence electrons. The maximum atomic E-state index is 11.5. The fraction of sp³-hybridized carbons (Fsp3) is 0.455. The molecule has 0 aliphatic heterocycles. The second-order valence-electron chi connectivity index (χ2n) is 3.61. The minimum absolute atomic E-state index is 0.0949. The van der Waals surface area contributed by atoms with Crippen molar-refractivity contribution in [3.8, 4) is 0 Å². The molecule has 15 heavy (non-hydrogen) atoms. The first-order chi connectivity index (χ1) is 7.22. The quantitative estimate of drug-likeness (QED) is 0.413. The number of esters is 1. The molecule has 4 heteroatoms. The van der Waals surface area contributed by atoms with E-state index < -0.39 is 5.97 Å². The molecule has 0 fully saturated rings. The van der Waals surface area contributed by atoms with Crippen molar-refractivity contribution >= 4 is 5.97 Å². The molecule has 0 saturated carbocycles. The molecule has 0 saturated heterocycles. The van der Waals surface area contributed by atoms with Gasteiger partial charge in [0.2, 0.25) is 0 Å². The van der Waals surface area contributed by atoms with Gasteiger partial charge in [-0.25, -0.2) is 4.79 Å². The van der Waals surface area contributed by atoms with E-state index in [0.29, 0.717) is 4.73 Å². The SMILES string of the molecule is CCOC(=O)c1cc2c(c[n+]1[O-])CCC2. The van der Waals surface area contributed by atoms with Crippen molar-refractivity contribution in [2.75, 3.05) is 6.61 Å². The molecule has 0 radical (unpaired) electrons. The molecule has 0 atom stereocenters. The van der Waals surface area contributed by atoms with Crippen LogP contribution in [0.2, 0.25) is 0 Å². The largest absolute Gasteiger partial charge is 0.618 e. The molecular formula is C11H13NO3. The number of carbonyl (C=O) groups is 1. The highest BCUT2D eigenvalue weighted by atomic mass is 16.5. The van der Waals surface area contributed by atoms with Gasteiger partial charge in [0.25, 0.3) is 0 Å². The van der Waals surface area contributed by atoms with Crippen molar-refractivity contribution in [3.05, 3.63) is 34.3 Å². The van der Waals surface area contributed by atoms with E-state index in [4.69, 9.17) is 4.74 Å². The molecular weight excluding hydrogens is 194 g/mol. The molecule has 1 aromatic rings. The van der Waals surface area contributed by atoms with Crippen LogP contribution in [-0.2, 0) is 17.6 Å². The van der Waals surface area contributed by atoms with Crippen LogP contribution in [0.4, 0.5) is 0 Å². The van der Waals surface area contributed by atoms with Gasteiger partial charge in [-0.2, -0.15) is 4.73 Å². The van der Waals surface area contributed by atoms with E-state index in [9.17, 15) is 10.0 Å². The second kappa shape index (κ2) is 3.88. The monoisotopic (exact) mass is 207 g/mol. The lowest BCUT2D eigenvalue weighted by Crippen LogP contribution is -2.35. The first-order valence-corrected chi connectivity index (χ1v) is 5.14. The number of ether oxygens (including phenoxy) is 1. The first-order valence-electron chi connectivity index (χ1n) is 5.14.